The smallest absolute Gasteiger partial charge is 0.343 e. The summed E-state index contributed by atoms with van der Waals surface area (Å²) in [7, 11) is 0. The van der Waals surface area contributed by atoms with Crippen molar-refractivity contribution in [1.29, 1.82) is 0 Å². The van der Waals surface area contributed by atoms with E-state index < -0.39 is 5.97 Å². The number of hydrogen-bond donors (Lipinski definition) is 0. The van der Waals surface area contributed by atoms with Gasteiger partial charge in [-0.05, 0) is 72.3 Å². The first kappa shape index (κ1) is 18.9. The van der Waals surface area contributed by atoms with Crippen LogP contribution in [0, 0.1) is 0 Å². The molecular weight excluding hydrogens is 383 g/mol. The van der Waals surface area contributed by atoms with Crippen LogP contribution in [0.2, 0.25) is 10.0 Å². The SMILES string of the molecule is O=C(C=Cc1ccc(OC(=O)c2ccc(Cl)cc2)cc1)c1ccc(Cl)cc1. The third-order valence-electron chi connectivity index (χ3n) is 3.73. The van der Waals surface area contributed by atoms with Crippen molar-refractivity contribution in [3.63, 3.8) is 0 Å². The van der Waals surface area contributed by atoms with Gasteiger partial charge >= 0.3 is 5.97 Å². The maximum Gasteiger partial charge on any atom is 0.343 e. The molecule has 0 saturated carbocycles. The molecule has 0 radical (unpaired) electrons. The van der Waals surface area contributed by atoms with Gasteiger partial charge in [0, 0.05) is 15.6 Å². The van der Waals surface area contributed by atoms with Crippen LogP contribution in [0.25, 0.3) is 6.08 Å². The zero-order chi connectivity index (χ0) is 19.2. The van der Waals surface area contributed by atoms with Crippen molar-refractivity contribution < 1.29 is 14.3 Å². The zero-order valence-corrected chi connectivity index (χ0v) is 15.6. The van der Waals surface area contributed by atoms with Gasteiger partial charge in [-0.25, -0.2) is 4.79 Å². The highest BCUT2D eigenvalue weighted by Gasteiger charge is 2.08. The number of halogens is 2. The fraction of sp³-hybridized carbons (Fsp3) is 0. The minimum atomic E-state index is -0.465. The fourth-order valence-corrected chi connectivity index (χ4v) is 2.53. The van der Waals surface area contributed by atoms with E-state index in [1.54, 1.807) is 78.9 Å². The Morgan fingerprint density at radius 3 is 1.78 bits per heavy atom. The Balaban J connectivity index is 1.62. The van der Waals surface area contributed by atoms with Crippen LogP contribution in [0.3, 0.4) is 0 Å². The highest BCUT2D eigenvalue weighted by atomic mass is 35.5. The molecule has 3 nitrogen and oxygen atoms in total. The van der Waals surface area contributed by atoms with Crippen molar-refractivity contribution in [1.82, 2.24) is 0 Å². The Hall–Kier alpha value is -2.88. The number of rotatable bonds is 5. The zero-order valence-electron chi connectivity index (χ0n) is 14.1. The lowest BCUT2D eigenvalue weighted by molar-refractivity contribution is 0.0734. The number of esters is 1. The van der Waals surface area contributed by atoms with Gasteiger partial charge in [-0.3, -0.25) is 4.79 Å². The minimum Gasteiger partial charge on any atom is -0.423 e. The van der Waals surface area contributed by atoms with Gasteiger partial charge in [0.2, 0.25) is 0 Å². The molecule has 3 rings (SSSR count). The highest BCUT2D eigenvalue weighted by Crippen LogP contribution is 2.17. The van der Waals surface area contributed by atoms with Crippen molar-refractivity contribution in [2.45, 2.75) is 0 Å². The van der Waals surface area contributed by atoms with Crippen LogP contribution in [0.5, 0.6) is 5.75 Å². The molecule has 0 aliphatic rings. The number of carbonyl (C=O) groups excluding carboxylic acids is 2. The van der Waals surface area contributed by atoms with Crippen LogP contribution in [0.15, 0.2) is 78.9 Å². The molecule has 0 atom stereocenters. The summed E-state index contributed by atoms with van der Waals surface area (Å²) < 4.78 is 5.32. The average Bonchev–Trinajstić information content (AvgIpc) is 2.68. The van der Waals surface area contributed by atoms with Crippen molar-refractivity contribution in [3.05, 3.63) is 106 Å². The molecule has 3 aromatic rings. The van der Waals surface area contributed by atoms with E-state index in [4.69, 9.17) is 27.9 Å². The summed E-state index contributed by atoms with van der Waals surface area (Å²) in [5, 5.41) is 1.13. The third kappa shape index (κ3) is 5.30. The average molecular weight is 397 g/mol. The molecular formula is C22H14Cl2O3. The molecule has 0 amide bonds. The van der Waals surface area contributed by atoms with Gasteiger partial charge in [-0.15, -0.1) is 0 Å². The Kier molecular flexibility index (Phi) is 6.07. The van der Waals surface area contributed by atoms with E-state index in [1.807, 2.05) is 0 Å². The van der Waals surface area contributed by atoms with Gasteiger partial charge in [0.05, 0.1) is 5.56 Å². The summed E-state index contributed by atoms with van der Waals surface area (Å²) in [6.07, 6.45) is 3.18. The predicted octanol–water partition coefficient (Wildman–Crippen LogP) is 6.11. The van der Waals surface area contributed by atoms with E-state index in [2.05, 4.69) is 0 Å². The number of ether oxygens (including phenoxy) is 1. The highest BCUT2D eigenvalue weighted by molar-refractivity contribution is 6.31. The van der Waals surface area contributed by atoms with E-state index in [9.17, 15) is 9.59 Å². The molecule has 0 aliphatic carbocycles. The summed E-state index contributed by atoms with van der Waals surface area (Å²) in [5.74, 6) is -0.172. The van der Waals surface area contributed by atoms with Crippen LogP contribution < -0.4 is 4.74 Å². The molecule has 0 fully saturated rings. The van der Waals surface area contributed by atoms with E-state index in [0.29, 0.717) is 26.9 Å². The molecule has 0 spiro atoms. The normalized spacial score (nSPS) is 10.7. The molecule has 0 aliphatic heterocycles. The Morgan fingerprint density at radius 1 is 0.704 bits per heavy atom. The van der Waals surface area contributed by atoms with E-state index >= 15 is 0 Å². The quantitative estimate of drug-likeness (QED) is 0.226. The molecule has 0 saturated heterocycles. The van der Waals surface area contributed by atoms with Crippen LogP contribution in [-0.2, 0) is 0 Å². The first-order chi connectivity index (χ1) is 13.0. The van der Waals surface area contributed by atoms with Gasteiger partial charge in [0.25, 0.3) is 0 Å². The second-order valence-electron chi connectivity index (χ2n) is 5.67. The second-order valence-corrected chi connectivity index (χ2v) is 6.54. The first-order valence-electron chi connectivity index (χ1n) is 8.07. The maximum absolute atomic E-state index is 12.1. The monoisotopic (exact) mass is 396 g/mol. The molecule has 5 heteroatoms. The molecule has 134 valence electrons. The van der Waals surface area contributed by atoms with Gasteiger partial charge in [0.1, 0.15) is 5.75 Å². The molecule has 0 heterocycles. The number of hydrogen-bond acceptors (Lipinski definition) is 3. The number of carbonyl (C=O) groups is 2. The maximum atomic E-state index is 12.1. The Bertz CT molecular complexity index is 974. The van der Waals surface area contributed by atoms with E-state index in [0.717, 1.165) is 5.56 Å². The summed E-state index contributed by atoms with van der Waals surface area (Å²) in [6, 6.07) is 20.0. The third-order valence-corrected chi connectivity index (χ3v) is 4.23. The lowest BCUT2D eigenvalue weighted by Crippen LogP contribution is -2.08. The topological polar surface area (TPSA) is 43.4 Å². The van der Waals surface area contributed by atoms with Crippen LogP contribution in [0.4, 0.5) is 0 Å². The summed E-state index contributed by atoms with van der Waals surface area (Å²) in [6.45, 7) is 0. The van der Waals surface area contributed by atoms with Gasteiger partial charge in [-0.2, -0.15) is 0 Å². The van der Waals surface area contributed by atoms with Crippen molar-refractivity contribution in [3.8, 4) is 5.75 Å². The number of allylic oxidation sites excluding steroid dienone is 1. The van der Waals surface area contributed by atoms with Gasteiger partial charge in [0.15, 0.2) is 5.78 Å². The van der Waals surface area contributed by atoms with Crippen molar-refractivity contribution >= 4 is 41.0 Å². The minimum absolute atomic E-state index is 0.120. The number of ketones is 1. The molecule has 0 aromatic heterocycles. The first-order valence-corrected chi connectivity index (χ1v) is 8.83. The van der Waals surface area contributed by atoms with Crippen molar-refractivity contribution in [2.24, 2.45) is 0 Å². The Labute approximate surface area is 166 Å². The van der Waals surface area contributed by atoms with Crippen LogP contribution in [0.1, 0.15) is 26.3 Å². The lowest BCUT2D eigenvalue weighted by Gasteiger charge is -2.04. The van der Waals surface area contributed by atoms with Gasteiger partial charge in [-0.1, -0.05) is 41.4 Å². The summed E-state index contributed by atoms with van der Waals surface area (Å²) >= 11 is 11.6. The molecule has 3 aromatic carbocycles. The standard InChI is InChI=1S/C22H14Cl2O3/c23-18-8-4-16(5-9-18)21(25)14-3-15-1-12-20(13-2-15)27-22(26)17-6-10-19(24)11-7-17/h1-14H. The molecule has 0 N–H and O–H groups in total. The largest absolute Gasteiger partial charge is 0.423 e. The number of benzene rings is 3. The Morgan fingerprint density at radius 2 is 1.22 bits per heavy atom. The predicted molar refractivity (Wildman–Crippen MR) is 108 cm³/mol. The summed E-state index contributed by atoms with van der Waals surface area (Å²) in [5.41, 5.74) is 1.78. The summed E-state index contributed by atoms with van der Waals surface area (Å²) in [4.78, 5) is 24.2. The van der Waals surface area contributed by atoms with Crippen molar-refractivity contribution in [2.75, 3.05) is 0 Å². The van der Waals surface area contributed by atoms with E-state index in [-0.39, 0.29) is 5.78 Å². The second kappa shape index (κ2) is 8.67. The molecule has 27 heavy (non-hydrogen) atoms. The van der Waals surface area contributed by atoms with Crippen LogP contribution >= 0.6 is 23.2 Å². The van der Waals surface area contributed by atoms with Crippen LogP contribution in [-0.4, -0.2) is 11.8 Å². The van der Waals surface area contributed by atoms with E-state index in [1.165, 1.54) is 6.08 Å². The molecule has 0 bridgehead atoms. The fourth-order valence-electron chi connectivity index (χ4n) is 2.28. The van der Waals surface area contributed by atoms with Gasteiger partial charge < -0.3 is 4.74 Å². The lowest BCUT2D eigenvalue weighted by atomic mass is 10.1. The molecule has 0 unspecified atom stereocenters.